The van der Waals surface area contributed by atoms with Crippen LogP contribution in [0.4, 0.5) is 0 Å². The van der Waals surface area contributed by atoms with Crippen molar-refractivity contribution in [1.82, 2.24) is 5.32 Å². The summed E-state index contributed by atoms with van der Waals surface area (Å²) >= 11 is 2.89. The lowest BCUT2D eigenvalue weighted by molar-refractivity contribution is -0.131. The molecule has 0 saturated heterocycles. The minimum atomic E-state index is -1.000. The second-order valence-electron chi connectivity index (χ2n) is 4.54. The van der Waals surface area contributed by atoms with Crippen molar-refractivity contribution in [3.05, 3.63) is 49.9 Å². The highest BCUT2D eigenvalue weighted by atomic mass is 32.1. The molecule has 21 heavy (non-hydrogen) atoms. The Kier molecular flexibility index (Phi) is 4.93. The number of nitrogens with one attached hydrogen (secondary N) is 1. The minimum Gasteiger partial charge on any atom is -0.478 e. The number of carboxylic acid groups (broad SMARTS) is 1. The molecule has 2 aromatic rings. The van der Waals surface area contributed by atoms with Gasteiger partial charge in [-0.05, 0) is 43.0 Å². The van der Waals surface area contributed by atoms with Crippen LogP contribution in [0.1, 0.15) is 38.0 Å². The number of amides is 1. The molecule has 1 atom stereocenters. The maximum absolute atomic E-state index is 12.2. The van der Waals surface area contributed by atoms with Crippen molar-refractivity contribution in [2.24, 2.45) is 0 Å². The highest BCUT2D eigenvalue weighted by molar-refractivity contribution is 7.15. The SMILES string of the molecule is Cc1cc(C(=O)NC(C)c2cccs2)sc1/C=C/C(=O)O. The Morgan fingerprint density at radius 3 is 2.81 bits per heavy atom. The number of carbonyl (C=O) groups excluding carboxylic acids is 1. The molecule has 110 valence electrons. The van der Waals surface area contributed by atoms with Gasteiger partial charge >= 0.3 is 5.97 Å². The smallest absolute Gasteiger partial charge is 0.328 e. The maximum atomic E-state index is 12.2. The largest absolute Gasteiger partial charge is 0.478 e. The zero-order chi connectivity index (χ0) is 15.4. The molecular weight excluding hydrogens is 306 g/mol. The van der Waals surface area contributed by atoms with E-state index in [1.54, 1.807) is 17.4 Å². The Balaban J connectivity index is 2.09. The van der Waals surface area contributed by atoms with Crippen molar-refractivity contribution in [1.29, 1.82) is 0 Å². The van der Waals surface area contributed by atoms with Gasteiger partial charge in [-0.2, -0.15) is 0 Å². The second kappa shape index (κ2) is 6.69. The van der Waals surface area contributed by atoms with E-state index in [0.29, 0.717) is 4.88 Å². The van der Waals surface area contributed by atoms with Crippen LogP contribution in [0.3, 0.4) is 0 Å². The van der Waals surface area contributed by atoms with E-state index in [2.05, 4.69) is 5.32 Å². The minimum absolute atomic E-state index is 0.0436. The number of carbonyl (C=O) groups is 2. The van der Waals surface area contributed by atoms with Crippen LogP contribution < -0.4 is 5.32 Å². The Hall–Kier alpha value is -1.92. The average molecular weight is 321 g/mol. The number of aryl methyl sites for hydroxylation is 1. The fraction of sp³-hybridized carbons (Fsp3) is 0.200. The lowest BCUT2D eigenvalue weighted by Gasteiger charge is -2.10. The summed E-state index contributed by atoms with van der Waals surface area (Å²) in [6.45, 7) is 3.80. The van der Waals surface area contributed by atoms with Crippen molar-refractivity contribution in [3.63, 3.8) is 0 Å². The Bertz CT molecular complexity index is 671. The molecule has 4 nitrogen and oxygen atoms in total. The zero-order valence-corrected chi connectivity index (χ0v) is 13.3. The van der Waals surface area contributed by atoms with E-state index in [0.717, 1.165) is 21.4 Å². The van der Waals surface area contributed by atoms with E-state index < -0.39 is 5.97 Å². The third-order valence-electron chi connectivity index (χ3n) is 2.87. The second-order valence-corrected chi connectivity index (χ2v) is 6.60. The van der Waals surface area contributed by atoms with Crippen LogP contribution >= 0.6 is 22.7 Å². The molecule has 1 amide bonds. The van der Waals surface area contributed by atoms with Gasteiger partial charge in [0.05, 0.1) is 10.9 Å². The van der Waals surface area contributed by atoms with Gasteiger partial charge in [0.15, 0.2) is 0 Å². The monoisotopic (exact) mass is 321 g/mol. The van der Waals surface area contributed by atoms with Crippen LogP contribution in [-0.4, -0.2) is 17.0 Å². The van der Waals surface area contributed by atoms with Crippen LogP contribution in [0.15, 0.2) is 29.7 Å². The van der Waals surface area contributed by atoms with Crippen LogP contribution in [0.25, 0.3) is 6.08 Å². The number of carboxylic acids is 1. The highest BCUT2D eigenvalue weighted by Gasteiger charge is 2.15. The number of hydrogen-bond acceptors (Lipinski definition) is 4. The van der Waals surface area contributed by atoms with E-state index in [9.17, 15) is 9.59 Å². The summed E-state index contributed by atoms with van der Waals surface area (Å²) in [5.41, 5.74) is 0.895. The molecule has 2 aromatic heterocycles. The van der Waals surface area contributed by atoms with E-state index >= 15 is 0 Å². The molecule has 2 heterocycles. The van der Waals surface area contributed by atoms with Gasteiger partial charge in [-0.25, -0.2) is 4.79 Å². The van der Waals surface area contributed by atoms with Crippen LogP contribution in [0.2, 0.25) is 0 Å². The predicted molar refractivity (Wildman–Crippen MR) is 85.9 cm³/mol. The Morgan fingerprint density at radius 1 is 1.43 bits per heavy atom. The standard InChI is InChI=1S/C15H15NO3S2/c1-9-8-13(21-11(9)5-6-14(17)18)15(19)16-10(2)12-4-3-7-20-12/h3-8,10H,1-2H3,(H,16,19)(H,17,18)/b6-5+. The summed E-state index contributed by atoms with van der Waals surface area (Å²) in [6.07, 6.45) is 2.59. The van der Waals surface area contributed by atoms with Crippen LogP contribution in [-0.2, 0) is 4.79 Å². The zero-order valence-electron chi connectivity index (χ0n) is 11.6. The van der Waals surface area contributed by atoms with Crippen LogP contribution in [0, 0.1) is 6.92 Å². The molecule has 6 heteroatoms. The van der Waals surface area contributed by atoms with E-state index in [1.165, 1.54) is 17.4 Å². The first-order valence-corrected chi connectivity index (χ1v) is 8.02. The number of rotatable bonds is 5. The van der Waals surface area contributed by atoms with Crippen molar-refractivity contribution in [3.8, 4) is 0 Å². The van der Waals surface area contributed by atoms with Crippen molar-refractivity contribution >= 4 is 40.6 Å². The summed E-state index contributed by atoms with van der Waals surface area (Å²) < 4.78 is 0. The normalized spacial score (nSPS) is 12.5. The summed E-state index contributed by atoms with van der Waals surface area (Å²) in [5.74, 6) is -1.14. The average Bonchev–Trinajstić information content (AvgIpc) is 3.05. The first kappa shape index (κ1) is 15.5. The first-order chi connectivity index (χ1) is 9.97. The molecule has 0 saturated carbocycles. The maximum Gasteiger partial charge on any atom is 0.328 e. The molecule has 0 radical (unpaired) electrons. The molecule has 0 aliphatic carbocycles. The number of thiophene rings is 2. The number of aliphatic carboxylic acids is 1. The van der Waals surface area contributed by atoms with Gasteiger partial charge in [0.25, 0.3) is 5.91 Å². The van der Waals surface area contributed by atoms with Crippen molar-refractivity contribution in [2.75, 3.05) is 0 Å². The highest BCUT2D eigenvalue weighted by Crippen LogP contribution is 2.25. The third-order valence-corrected chi connectivity index (χ3v) is 5.13. The molecular formula is C15H15NO3S2. The lowest BCUT2D eigenvalue weighted by Crippen LogP contribution is -2.25. The van der Waals surface area contributed by atoms with E-state index in [1.807, 2.05) is 31.4 Å². The fourth-order valence-electron chi connectivity index (χ4n) is 1.80. The molecule has 2 rings (SSSR count). The molecule has 1 unspecified atom stereocenters. The fourth-order valence-corrected chi connectivity index (χ4v) is 3.51. The molecule has 0 fully saturated rings. The topological polar surface area (TPSA) is 66.4 Å². The van der Waals surface area contributed by atoms with Gasteiger partial charge in [-0.3, -0.25) is 4.79 Å². The van der Waals surface area contributed by atoms with Crippen molar-refractivity contribution < 1.29 is 14.7 Å². The molecule has 2 N–H and O–H groups in total. The van der Waals surface area contributed by atoms with Gasteiger partial charge in [0.2, 0.25) is 0 Å². The molecule has 0 aromatic carbocycles. The first-order valence-electron chi connectivity index (χ1n) is 6.33. The van der Waals surface area contributed by atoms with Gasteiger partial charge in [-0.1, -0.05) is 6.07 Å². The summed E-state index contributed by atoms with van der Waals surface area (Å²) in [5, 5.41) is 13.6. The van der Waals surface area contributed by atoms with E-state index in [-0.39, 0.29) is 11.9 Å². The van der Waals surface area contributed by atoms with Gasteiger partial charge < -0.3 is 10.4 Å². The summed E-state index contributed by atoms with van der Waals surface area (Å²) in [4.78, 5) is 25.2. The van der Waals surface area contributed by atoms with E-state index in [4.69, 9.17) is 5.11 Å². The van der Waals surface area contributed by atoms with Gasteiger partial charge in [0, 0.05) is 15.8 Å². The molecule has 0 bridgehead atoms. The number of hydrogen-bond donors (Lipinski definition) is 2. The third kappa shape index (κ3) is 4.03. The summed E-state index contributed by atoms with van der Waals surface area (Å²) in [6, 6.07) is 5.67. The van der Waals surface area contributed by atoms with Crippen molar-refractivity contribution in [2.45, 2.75) is 19.9 Å². The Labute approximate surface area is 130 Å². The van der Waals surface area contributed by atoms with Gasteiger partial charge in [-0.15, -0.1) is 22.7 Å². The predicted octanol–water partition coefficient (Wildman–Crippen LogP) is 3.71. The molecule has 0 aliphatic rings. The Morgan fingerprint density at radius 2 is 2.19 bits per heavy atom. The quantitative estimate of drug-likeness (QED) is 0.825. The lowest BCUT2D eigenvalue weighted by atomic mass is 10.2. The molecule has 0 spiro atoms. The van der Waals surface area contributed by atoms with Crippen LogP contribution in [0.5, 0.6) is 0 Å². The summed E-state index contributed by atoms with van der Waals surface area (Å²) in [7, 11) is 0. The van der Waals surface area contributed by atoms with Gasteiger partial charge in [0.1, 0.15) is 0 Å². The molecule has 0 aliphatic heterocycles.